The van der Waals surface area contributed by atoms with Gasteiger partial charge in [-0.3, -0.25) is 4.79 Å². The summed E-state index contributed by atoms with van der Waals surface area (Å²) in [6.45, 7) is 12.8. The van der Waals surface area contributed by atoms with Crippen LogP contribution in [-0.4, -0.2) is 24.2 Å². The molecule has 1 amide bonds. The van der Waals surface area contributed by atoms with E-state index in [1.165, 1.54) is 11.1 Å². The Morgan fingerprint density at radius 1 is 1.43 bits per heavy atom. The number of nitrogens with one attached hydrogen (secondary N) is 1. The smallest absolute Gasteiger partial charge is 0.241 e. The highest BCUT2D eigenvalue weighted by molar-refractivity contribution is 5.89. The summed E-state index contributed by atoms with van der Waals surface area (Å²) in [6, 6.07) is 6.10. The molecule has 0 heterocycles. The predicted molar refractivity (Wildman–Crippen MR) is 93.2 cm³/mol. The van der Waals surface area contributed by atoms with E-state index >= 15 is 0 Å². The number of hydrogen-bond donors (Lipinski definition) is 2. The van der Waals surface area contributed by atoms with Crippen molar-refractivity contribution in [1.82, 2.24) is 5.32 Å². The van der Waals surface area contributed by atoms with Gasteiger partial charge in [-0.1, -0.05) is 32.0 Å². The topological polar surface area (TPSA) is 64.3 Å². The maximum atomic E-state index is 12.8. The van der Waals surface area contributed by atoms with Crippen molar-refractivity contribution in [2.45, 2.75) is 65.6 Å². The highest BCUT2D eigenvalue weighted by Crippen LogP contribution is 2.50. The third-order valence-corrected chi connectivity index (χ3v) is 5.70. The van der Waals surface area contributed by atoms with Crippen LogP contribution in [0.25, 0.3) is 0 Å². The summed E-state index contributed by atoms with van der Waals surface area (Å²) < 4.78 is 5.70. The van der Waals surface area contributed by atoms with Crippen LogP contribution >= 0.6 is 0 Å². The van der Waals surface area contributed by atoms with Crippen LogP contribution in [0.1, 0.15) is 56.8 Å². The van der Waals surface area contributed by atoms with Gasteiger partial charge in [0, 0.05) is 18.4 Å². The number of amides is 1. The Balaban J connectivity index is 2.12. The summed E-state index contributed by atoms with van der Waals surface area (Å²) in [5.74, 6) is -0.0909. The molecular formula is C19H30N2O2. The van der Waals surface area contributed by atoms with Gasteiger partial charge in [-0.25, -0.2) is 0 Å². The van der Waals surface area contributed by atoms with Gasteiger partial charge in [0.1, 0.15) is 5.54 Å². The van der Waals surface area contributed by atoms with Gasteiger partial charge in [0.15, 0.2) is 0 Å². The largest absolute Gasteiger partial charge is 0.378 e. The summed E-state index contributed by atoms with van der Waals surface area (Å²) in [5, 5.41) is 3.11. The zero-order chi connectivity index (χ0) is 17.4. The number of ether oxygens (including phenoxy) is 1. The molecule has 1 aromatic rings. The quantitative estimate of drug-likeness (QED) is 0.877. The maximum Gasteiger partial charge on any atom is 0.241 e. The first-order valence-electron chi connectivity index (χ1n) is 8.42. The Morgan fingerprint density at radius 2 is 2.09 bits per heavy atom. The van der Waals surface area contributed by atoms with Crippen LogP contribution in [0.3, 0.4) is 0 Å². The number of aryl methyl sites for hydroxylation is 1. The summed E-state index contributed by atoms with van der Waals surface area (Å²) in [5.41, 5.74) is 8.79. The summed E-state index contributed by atoms with van der Waals surface area (Å²) in [4.78, 5) is 12.8. The number of rotatable bonds is 5. The third-order valence-electron chi connectivity index (χ3n) is 5.70. The molecule has 1 saturated carbocycles. The van der Waals surface area contributed by atoms with E-state index in [-0.39, 0.29) is 23.5 Å². The highest BCUT2D eigenvalue weighted by atomic mass is 16.5. The molecule has 0 aromatic heterocycles. The lowest BCUT2D eigenvalue weighted by Gasteiger charge is -2.57. The molecule has 23 heavy (non-hydrogen) atoms. The maximum absolute atomic E-state index is 12.8. The first-order valence-corrected chi connectivity index (χ1v) is 8.42. The average molecular weight is 318 g/mol. The minimum Gasteiger partial charge on any atom is -0.378 e. The van der Waals surface area contributed by atoms with Gasteiger partial charge < -0.3 is 15.8 Å². The first kappa shape index (κ1) is 18.0. The van der Waals surface area contributed by atoms with E-state index in [4.69, 9.17) is 10.5 Å². The lowest BCUT2D eigenvalue weighted by Crippen LogP contribution is -2.75. The molecule has 0 aliphatic heterocycles. The molecule has 1 fully saturated rings. The number of hydrogen-bond acceptors (Lipinski definition) is 3. The van der Waals surface area contributed by atoms with E-state index in [0.717, 1.165) is 5.56 Å². The fraction of sp³-hybridized carbons (Fsp3) is 0.632. The second kappa shape index (κ2) is 6.25. The van der Waals surface area contributed by atoms with Crippen LogP contribution in [0.5, 0.6) is 0 Å². The normalized spacial score (nSPS) is 27.2. The van der Waals surface area contributed by atoms with Crippen molar-refractivity contribution in [2.24, 2.45) is 11.1 Å². The van der Waals surface area contributed by atoms with Crippen LogP contribution in [0.2, 0.25) is 0 Å². The Bertz CT molecular complexity index is 597. The molecule has 1 aliphatic rings. The Kier molecular flexibility index (Phi) is 4.88. The lowest BCUT2D eigenvalue weighted by molar-refractivity contribution is -0.171. The van der Waals surface area contributed by atoms with E-state index < -0.39 is 5.54 Å². The standard InChI is InChI=1S/C19H30N2O2/c1-7-23-16-11-19(20,18(16,5)6)17(22)21-14(4)15-10-8-9-12(2)13(15)3/h8-10,14,16H,7,11,20H2,1-6H3,(H,21,22). The fourth-order valence-corrected chi connectivity index (χ4v) is 3.47. The average Bonchev–Trinajstić information content (AvgIpc) is 2.49. The van der Waals surface area contributed by atoms with Crippen LogP contribution in [0.15, 0.2) is 18.2 Å². The summed E-state index contributed by atoms with van der Waals surface area (Å²) in [6.07, 6.45) is 0.610. The van der Waals surface area contributed by atoms with Crippen molar-refractivity contribution in [3.05, 3.63) is 34.9 Å². The SMILES string of the molecule is CCOC1CC(N)(C(=O)NC(C)c2cccc(C)c2C)C1(C)C. The highest BCUT2D eigenvalue weighted by Gasteiger charge is 2.62. The molecule has 1 aromatic carbocycles. The van der Waals surface area contributed by atoms with E-state index in [0.29, 0.717) is 13.0 Å². The van der Waals surface area contributed by atoms with E-state index in [1.807, 2.05) is 33.8 Å². The molecule has 3 atom stereocenters. The molecule has 3 N–H and O–H groups in total. The van der Waals surface area contributed by atoms with Crippen molar-refractivity contribution in [3.63, 3.8) is 0 Å². The van der Waals surface area contributed by atoms with Gasteiger partial charge in [0.2, 0.25) is 5.91 Å². The monoisotopic (exact) mass is 318 g/mol. The van der Waals surface area contributed by atoms with Gasteiger partial charge in [-0.2, -0.15) is 0 Å². The molecular weight excluding hydrogens is 288 g/mol. The Labute approximate surface area is 139 Å². The fourth-order valence-electron chi connectivity index (χ4n) is 3.47. The van der Waals surface area contributed by atoms with Crippen molar-refractivity contribution in [3.8, 4) is 0 Å². The van der Waals surface area contributed by atoms with Gasteiger partial charge in [0.05, 0.1) is 12.1 Å². The summed E-state index contributed by atoms with van der Waals surface area (Å²) in [7, 11) is 0. The van der Waals surface area contributed by atoms with Crippen LogP contribution in [0.4, 0.5) is 0 Å². The molecule has 1 aliphatic carbocycles. The van der Waals surface area contributed by atoms with E-state index in [1.54, 1.807) is 0 Å². The molecule has 2 rings (SSSR count). The number of benzene rings is 1. The second-order valence-electron chi connectivity index (χ2n) is 7.33. The van der Waals surface area contributed by atoms with E-state index in [2.05, 4.69) is 31.3 Å². The van der Waals surface area contributed by atoms with Crippen LogP contribution < -0.4 is 11.1 Å². The van der Waals surface area contributed by atoms with E-state index in [9.17, 15) is 4.79 Å². The number of carbonyl (C=O) groups excluding carboxylic acids is 1. The first-order chi connectivity index (χ1) is 10.6. The molecule has 0 saturated heterocycles. The molecule has 0 spiro atoms. The zero-order valence-electron chi connectivity index (χ0n) is 15.2. The molecule has 0 radical (unpaired) electrons. The van der Waals surface area contributed by atoms with Crippen molar-refractivity contribution in [2.75, 3.05) is 6.61 Å². The van der Waals surface area contributed by atoms with Gasteiger partial charge in [-0.15, -0.1) is 0 Å². The van der Waals surface area contributed by atoms with Gasteiger partial charge >= 0.3 is 0 Å². The number of nitrogens with two attached hydrogens (primary N) is 1. The predicted octanol–water partition coefficient (Wildman–Crippen LogP) is 3.01. The van der Waals surface area contributed by atoms with Crippen molar-refractivity contribution < 1.29 is 9.53 Å². The molecule has 4 heteroatoms. The molecule has 0 bridgehead atoms. The number of carbonyl (C=O) groups is 1. The molecule has 128 valence electrons. The van der Waals surface area contributed by atoms with Gasteiger partial charge in [0.25, 0.3) is 0 Å². The van der Waals surface area contributed by atoms with Crippen LogP contribution in [0, 0.1) is 19.3 Å². The second-order valence-corrected chi connectivity index (χ2v) is 7.33. The Hall–Kier alpha value is -1.39. The van der Waals surface area contributed by atoms with Crippen molar-refractivity contribution in [1.29, 1.82) is 0 Å². The zero-order valence-corrected chi connectivity index (χ0v) is 15.2. The third kappa shape index (κ3) is 2.90. The molecule has 3 unspecified atom stereocenters. The Morgan fingerprint density at radius 3 is 2.65 bits per heavy atom. The lowest BCUT2D eigenvalue weighted by atomic mass is 9.54. The molecule has 4 nitrogen and oxygen atoms in total. The van der Waals surface area contributed by atoms with Gasteiger partial charge in [-0.05, 0) is 44.4 Å². The minimum atomic E-state index is -0.876. The van der Waals surface area contributed by atoms with Crippen molar-refractivity contribution >= 4 is 5.91 Å². The van der Waals surface area contributed by atoms with Crippen LogP contribution in [-0.2, 0) is 9.53 Å². The summed E-state index contributed by atoms with van der Waals surface area (Å²) >= 11 is 0. The minimum absolute atomic E-state index is 0.0410.